The number of amides is 1. The van der Waals surface area contributed by atoms with Gasteiger partial charge in [-0.05, 0) is 28.9 Å². The van der Waals surface area contributed by atoms with E-state index in [4.69, 9.17) is 0 Å². The van der Waals surface area contributed by atoms with Crippen molar-refractivity contribution in [3.63, 3.8) is 0 Å². The van der Waals surface area contributed by atoms with E-state index >= 15 is 0 Å². The first-order chi connectivity index (χ1) is 8.28. The molecule has 0 aliphatic carbocycles. The van der Waals surface area contributed by atoms with Crippen molar-refractivity contribution >= 4 is 33.2 Å². The summed E-state index contributed by atoms with van der Waals surface area (Å²) < 4.78 is 36.6. The number of rotatable bonds is 5. The van der Waals surface area contributed by atoms with Crippen LogP contribution in [0.2, 0.25) is 0 Å². The highest BCUT2D eigenvalue weighted by Crippen LogP contribution is 2.19. The predicted octanol–water partition coefficient (Wildman–Crippen LogP) is 2.67. The molecule has 1 aromatic heterocycles. The van der Waals surface area contributed by atoms with Gasteiger partial charge < -0.3 is 10.6 Å². The van der Waals surface area contributed by atoms with Crippen molar-refractivity contribution in [2.75, 3.05) is 6.54 Å². The molecule has 3 nitrogen and oxygen atoms in total. The Labute approximate surface area is 115 Å². The normalized spacial score (nSPS) is 13.4. The number of carbonyl (C=O) groups excluding carboxylic acids is 1. The van der Waals surface area contributed by atoms with Crippen LogP contribution < -0.4 is 10.6 Å². The number of hydrogen-bond acceptors (Lipinski definition) is 3. The van der Waals surface area contributed by atoms with Gasteiger partial charge in [0.2, 0.25) is 5.91 Å². The summed E-state index contributed by atoms with van der Waals surface area (Å²) in [6.45, 7) is 0.660. The number of thiophene rings is 1. The highest BCUT2D eigenvalue weighted by atomic mass is 79.9. The Kier molecular flexibility index (Phi) is 5.61. The van der Waals surface area contributed by atoms with Crippen LogP contribution >= 0.6 is 27.3 Å². The minimum absolute atomic E-state index is 0.441. The summed E-state index contributed by atoms with van der Waals surface area (Å²) in [4.78, 5) is 12.3. The molecule has 1 amide bonds. The first kappa shape index (κ1) is 15.5. The third kappa shape index (κ3) is 5.83. The van der Waals surface area contributed by atoms with E-state index in [0.717, 1.165) is 9.35 Å². The topological polar surface area (TPSA) is 41.1 Å². The SMILES string of the molecule is CC(NCc1cc(Br)cs1)C(=O)NCC(F)(F)F. The molecule has 8 heteroatoms. The van der Waals surface area contributed by atoms with Crippen LogP contribution in [0.4, 0.5) is 13.2 Å². The summed E-state index contributed by atoms with van der Waals surface area (Å²) >= 11 is 4.79. The van der Waals surface area contributed by atoms with Crippen molar-refractivity contribution in [3.8, 4) is 0 Å². The fraction of sp³-hybridized carbons (Fsp3) is 0.500. The Hall–Kier alpha value is -0.600. The highest BCUT2D eigenvalue weighted by molar-refractivity contribution is 9.10. The van der Waals surface area contributed by atoms with Gasteiger partial charge in [0.25, 0.3) is 0 Å². The monoisotopic (exact) mass is 344 g/mol. The van der Waals surface area contributed by atoms with Gasteiger partial charge >= 0.3 is 6.18 Å². The van der Waals surface area contributed by atoms with Gasteiger partial charge in [0, 0.05) is 21.3 Å². The van der Waals surface area contributed by atoms with Crippen molar-refractivity contribution in [2.45, 2.75) is 25.7 Å². The van der Waals surface area contributed by atoms with E-state index in [0.29, 0.717) is 6.54 Å². The van der Waals surface area contributed by atoms with E-state index in [-0.39, 0.29) is 0 Å². The van der Waals surface area contributed by atoms with Gasteiger partial charge in [-0.3, -0.25) is 4.79 Å². The Morgan fingerprint density at radius 1 is 1.56 bits per heavy atom. The molecule has 1 unspecified atom stereocenters. The number of alkyl halides is 3. The molecule has 0 spiro atoms. The minimum Gasteiger partial charge on any atom is -0.346 e. The van der Waals surface area contributed by atoms with Gasteiger partial charge in [-0.2, -0.15) is 13.2 Å². The van der Waals surface area contributed by atoms with Gasteiger partial charge in [0.1, 0.15) is 6.54 Å². The van der Waals surface area contributed by atoms with Crippen molar-refractivity contribution in [1.82, 2.24) is 10.6 Å². The molecule has 1 heterocycles. The second-order valence-electron chi connectivity index (χ2n) is 3.67. The largest absolute Gasteiger partial charge is 0.405 e. The molecular weight excluding hydrogens is 333 g/mol. The predicted molar refractivity (Wildman–Crippen MR) is 67.4 cm³/mol. The molecule has 0 bridgehead atoms. The van der Waals surface area contributed by atoms with Gasteiger partial charge in [-0.1, -0.05) is 0 Å². The Bertz CT molecular complexity index is 408. The summed E-state index contributed by atoms with van der Waals surface area (Å²) in [6, 6.07) is 1.21. The lowest BCUT2D eigenvalue weighted by Gasteiger charge is -2.14. The van der Waals surface area contributed by atoms with Crippen LogP contribution in [0.1, 0.15) is 11.8 Å². The molecule has 0 fully saturated rings. The maximum absolute atomic E-state index is 11.9. The van der Waals surface area contributed by atoms with Crippen LogP contribution in [0.15, 0.2) is 15.9 Å². The smallest absolute Gasteiger partial charge is 0.346 e. The van der Waals surface area contributed by atoms with Crippen molar-refractivity contribution in [3.05, 3.63) is 20.8 Å². The molecule has 1 aromatic rings. The zero-order valence-electron chi connectivity index (χ0n) is 9.47. The van der Waals surface area contributed by atoms with E-state index in [1.807, 2.05) is 16.8 Å². The van der Waals surface area contributed by atoms with E-state index in [9.17, 15) is 18.0 Å². The minimum atomic E-state index is -4.38. The Balaban J connectivity index is 2.32. The molecular formula is C10H12BrF3N2OS. The second-order valence-corrected chi connectivity index (χ2v) is 5.58. The van der Waals surface area contributed by atoms with Gasteiger partial charge in [-0.25, -0.2) is 0 Å². The lowest BCUT2D eigenvalue weighted by Crippen LogP contribution is -2.44. The van der Waals surface area contributed by atoms with E-state index in [1.165, 1.54) is 18.3 Å². The molecule has 0 aliphatic rings. The van der Waals surface area contributed by atoms with Crippen molar-refractivity contribution < 1.29 is 18.0 Å². The third-order valence-corrected chi connectivity index (χ3v) is 3.76. The fourth-order valence-electron chi connectivity index (χ4n) is 1.13. The summed E-state index contributed by atoms with van der Waals surface area (Å²) in [5.74, 6) is -0.664. The molecule has 2 N–H and O–H groups in total. The average Bonchev–Trinajstić information content (AvgIpc) is 2.67. The molecule has 1 atom stereocenters. The van der Waals surface area contributed by atoms with Crippen LogP contribution in [0, 0.1) is 0 Å². The average molecular weight is 345 g/mol. The lowest BCUT2D eigenvalue weighted by molar-refractivity contribution is -0.139. The maximum atomic E-state index is 11.9. The lowest BCUT2D eigenvalue weighted by atomic mass is 10.3. The first-order valence-electron chi connectivity index (χ1n) is 5.08. The van der Waals surface area contributed by atoms with Crippen molar-refractivity contribution in [2.24, 2.45) is 0 Å². The highest BCUT2D eigenvalue weighted by Gasteiger charge is 2.28. The second kappa shape index (κ2) is 6.53. The molecule has 102 valence electrons. The van der Waals surface area contributed by atoms with Crippen LogP contribution in [-0.2, 0) is 11.3 Å². The van der Waals surface area contributed by atoms with E-state index in [2.05, 4.69) is 21.2 Å². The summed E-state index contributed by atoms with van der Waals surface area (Å²) in [5.41, 5.74) is 0. The number of hydrogen-bond donors (Lipinski definition) is 2. The van der Waals surface area contributed by atoms with Crippen LogP contribution in [-0.4, -0.2) is 24.7 Å². The molecule has 0 radical (unpaired) electrons. The molecule has 0 aromatic carbocycles. The first-order valence-corrected chi connectivity index (χ1v) is 6.76. The van der Waals surface area contributed by atoms with E-state index < -0.39 is 24.7 Å². The Morgan fingerprint density at radius 3 is 2.72 bits per heavy atom. The molecule has 1 rings (SSSR count). The summed E-state index contributed by atoms with van der Waals surface area (Å²) in [6.07, 6.45) is -4.38. The fourth-order valence-corrected chi connectivity index (χ4v) is 2.54. The number of nitrogens with one attached hydrogen (secondary N) is 2. The van der Waals surface area contributed by atoms with Crippen LogP contribution in [0.5, 0.6) is 0 Å². The molecule has 0 aliphatic heterocycles. The van der Waals surface area contributed by atoms with Crippen LogP contribution in [0.3, 0.4) is 0 Å². The quantitative estimate of drug-likeness (QED) is 0.862. The maximum Gasteiger partial charge on any atom is 0.405 e. The van der Waals surface area contributed by atoms with Crippen molar-refractivity contribution in [1.29, 1.82) is 0 Å². The summed E-state index contributed by atoms with van der Waals surface area (Å²) in [7, 11) is 0. The number of carbonyl (C=O) groups is 1. The standard InChI is InChI=1S/C10H12BrF3N2OS/c1-6(9(17)16-5-10(12,13)14)15-3-8-2-7(11)4-18-8/h2,4,6,15H,3,5H2,1H3,(H,16,17). The molecule has 0 saturated carbocycles. The number of halogens is 4. The molecule has 18 heavy (non-hydrogen) atoms. The van der Waals surface area contributed by atoms with Gasteiger partial charge in [0.05, 0.1) is 6.04 Å². The molecule has 0 saturated heterocycles. The Morgan fingerprint density at radius 2 is 2.22 bits per heavy atom. The van der Waals surface area contributed by atoms with Gasteiger partial charge in [-0.15, -0.1) is 11.3 Å². The van der Waals surface area contributed by atoms with E-state index in [1.54, 1.807) is 0 Å². The zero-order chi connectivity index (χ0) is 13.8. The summed E-state index contributed by atoms with van der Waals surface area (Å²) in [5, 5.41) is 6.58. The third-order valence-electron chi connectivity index (χ3n) is 2.06. The van der Waals surface area contributed by atoms with Gasteiger partial charge in [0.15, 0.2) is 0 Å². The zero-order valence-corrected chi connectivity index (χ0v) is 11.9. The van der Waals surface area contributed by atoms with Crippen LogP contribution in [0.25, 0.3) is 0 Å².